The quantitative estimate of drug-likeness (QED) is 0.847. The minimum Gasteiger partial charge on any atom is -0.497 e. The normalized spacial score (nSPS) is 18.3. The van der Waals surface area contributed by atoms with Crippen molar-refractivity contribution in [2.45, 2.75) is 26.3 Å². The number of hydrogen-bond donors (Lipinski definition) is 0. The summed E-state index contributed by atoms with van der Waals surface area (Å²) in [5.74, 6) is 0.694. The number of rotatable bonds is 4. The van der Waals surface area contributed by atoms with Crippen LogP contribution in [0.15, 0.2) is 24.3 Å². The van der Waals surface area contributed by atoms with Crippen LogP contribution in [0.4, 0.5) is 4.79 Å². The molecule has 1 aromatic carbocycles. The van der Waals surface area contributed by atoms with E-state index in [1.54, 1.807) is 19.2 Å². The maximum atomic E-state index is 12.3. The van der Waals surface area contributed by atoms with Crippen molar-refractivity contribution in [1.29, 1.82) is 0 Å². The number of nitrogens with zero attached hydrogens (tertiary/aromatic N) is 1. The average molecular weight is 277 g/mol. The number of imide groups is 1. The first-order chi connectivity index (χ1) is 9.52. The maximum absolute atomic E-state index is 12.3. The predicted molar refractivity (Wildman–Crippen MR) is 73.5 cm³/mol. The molecule has 0 unspecified atom stereocenters. The smallest absolute Gasteiger partial charge is 0.416 e. The zero-order chi connectivity index (χ0) is 14.7. The van der Waals surface area contributed by atoms with Crippen LogP contribution in [-0.2, 0) is 16.0 Å². The van der Waals surface area contributed by atoms with Gasteiger partial charge in [0.15, 0.2) is 0 Å². The van der Waals surface area contributed by atoms with Crippen LogP contribution in [-0.4, -0.2) is 36.7 Å². The second kappa shape index (κ2) is 5.94. The Bertz CT molecular complexity index is 495. The third-order valence-corrected chi connectivity index (χ3v) is 3.46. The highest BCUT2D eigenvalue weighted by atomic mass is 16.6. The first-order valence-electron chi connectivity index (χ1n) is 6.64. The Kier molecular flexibility index (Phi) is 4.27. The van der Waals surface area contributed by atoms with Gasteiger partial charge in [0, 0.05) is 0 Å². The van der Waals surface area contributed by atoms with Gasteiger partial charge in [-0.1, -0.05) is 26.0 Å². The molecule has 5 nitrogen and oxygen atoms in total. The van der Waals surface area contributed by atoms with E-state index >= 15 is 0 Å². The molecule has 0 aromatic heterocycles. The van der Waals surface area contributed by atoms with E-state index in [1.807, 2.05) is 26.0 Å². The van der Waals surface area contributed by atoms with Crippen molar-refractivity contribution < 1.29 is 19.1 Å². The van der Waals surface area contributed by atoms with E-state index in [1.165, 1.54) is 4.90 Å². The van der Waals surface area contributed by atoms with E-state index in [-0.39, 0.29) is 30.9 Å². The highest BCUT2D eigenvalue weighted by Gasteiger charge is 2.39. The second-order valence-corrected chi connectivity index (χ2v) is 5.18. The molecule has 1 saturated heterocycles. The molecule has 0 radical (unpaired) electrons. The summed E-state index contributed by atoms with van der Waals surface area (Å²) in [6.07, 6.45) is -0.357. The number of carbonyl (C=O) groups excluding carboxylic acids is 2. The van der Waals surface area contributed by atoms with Gasteiger partial charge >= 0.3 is 6.09 Å². The summed E-state index contributed by atoms with van der Waals surface area (Å²) in [5, 5.41) is 0. The third kappa shape index (κ3) is 2.92. The molecule has 5 heteroatoms. The SMILES string of the molecule is COc1ccc(CC(=O)N2C(=O)OC[C@H]2C(C)C)cc1. The number of carbonyl (C=O) groups is 2. The van der Waals surface area contributed by atoms with Gasteiger partial charge < -0.3 is 9.47 Å². The summed E-state index contributed by atoms with van der Waals surface area (Å²) in [6, 6.07) is 7.06. The fourth-order valence-corrected chi connectivity index (χ4v) is 2.22. The highest BCUT2D eigenvalue weighted by molar-refractivity contribution is 5.94. The first-order valence-corrected chi connectivity index (χ1v) is 6.64. The predicted octanol–water partition coefficient (Wildman–Crippen LogP) is 2.24. The lowest BCUT2D eigenvalue weighted by Gasteiger charge is -2.22. The standard InChI is InChI=1S/C15H19NO4/c1-10(2)13-9-20-15(18)16(13)14(17)8-11-4-6-12(19-3)7-5-11/h4-7,10,13H,8-9H2,1-3H3/t13-/m0/s1. The molecule has 2 amide bonds. The topological polar surface area (TPSA) is 55.8 Å². The van der Waals surface area contributed by atoms with E-state index in [0.717, 1.165) is 11.3 Å². The van der Waals surface area contributed by atoms with E-state index in [2.05, 4.69) is 0 Å². The summed E-state index contributed by atoms with van der Waals surface area (Å²) in [4.78, 5) is 25.2. The average Bonchev–Trinajstić information content (AvgIpc) is 2.81. The van der Waals surface area contributed by atoms with Gasteiger partial charge in [0.1, 0.15) is 12.4 Å². The number of benzene rings is 1. The van der Waals surface area contributed by atoms with Crippen LogP contribution in [0.25, 0.3) is 0 Å². The van der Waals surface area contributed by atoms with Gasteiger partial charge in [-0.25, -0.2) is 9.69 Å². The third-order valence-electron chi connectivity index (χ3n) is 3.46. The minimum atomic E-state index is -0.540. The Morgan fingerprint density at radius 2 is 2.05 bits per heavy atom. The number of ether oxygens (including phenoxy) is 2. The Labute approximate surface area is 118 Å². The maximum Gasteiger partial charge on any atom is 0.416 e. The van der Waals surface area contributed by atoms with Gasteiger partial charge in [-0.2, -0.15) is 0 Å². The van der Waals surface area contributed by atoms with Crippen LogP contribution >= 0.6 is 0 Å². The molecule has 108 valence electrons. The molecule has 1 aliphatic rings. The molecule has 1 aromatic rings. The summed E-state index contributed by atoms with van der Waals surface area (Å²) in [6.45, 7) is 4.23. The van der Waals surface area contributed by atoms with Crippen LogP contribution < -0.4 is 4.74 Å². The van der Waals surface area contributed by atoms with Crippen LogP contribution in [0.1, 0.15) is 19.4 Å². The molecule has 0 N–H and O–H groups in total. The van der Waals surface area contributed by atoms with Crippen LogP contribution in [0, 0.1) is 5.92 Å². The highest BCUT2D eigenvalue weighted by Crippen LogP contribution is 2.21. The molecule has 20 heavy (non-hydrogen) atoms. The van der Waals surface area contributed by atoms with Crippen molar-refractivity contribution in [2.24, 2.45) is 5.92 Å². The molecule has 0 aliphatic carbocycles. The van der Waals surface area contributed by atoms with Crippen LogP contribution in [0.2, 0.25) is 0 Å². The van der Waals surface area contributed by atoms with Crippen molar-refractivity contribution >= 4 is 12.0 Å². The molecule has 1 fully saturated rings. The largest absolute Gasteiger partial charge is 0.497 e. The zero-order valence-electron chi connectivity index (χ0n) is 12.0. The molecule has 2 rings (SSSR count). The number of hydrogen-bond acceptors (Lipinski definition) is 4. The van der Waals surface area contributed by atoms with Crippen molar-refractivity contribution in [2.75, 3.05) is 13.7 Å². The first kappa shape index (κ1) is 14.4. The summed E-state index contributed by atoms with van der Waals surface area (Å²) >= 11 is 0. The van der Waals surface area contributed by atoms with Gasteiger partial charge in [0.2, 0.25) is 5.91 Å². The molecule has 0 spiro atoms. The lowest BCUT2D eigenvalue weighted by atomic mass is 10.0. The van der Waals surface area contributed by atoms with Crippen LogP contribution in [0.5, 0.6) is 5.75 Å². The summed E-state index contributed by atoms with van der Waals surface area (Å²) in [7, 11) is 1.59. The minimum absolute atomic E-state index is 0.173. The molecule has 1 heterocycles. The van der Waals surface area contributed by atoms with Crippen molar-refractivity contribution in [3.8, 4) is 5.75 Å². The molecule has 0 saturated carbocycles. The lowest BCUT2D eigenvalue weighted by Crippen LogP contribution is -2.42. The van der Waals surface area contributed by atoms with Crippen molar-refractivity contribution in [3.05, 3.63) is 29.8 Å². The Morgan fingerprint density at radius 1 is 1.40 bits per heavy atom. The van der Waals surface area contributed by atoms with E-state index in [4.69, 9.17) is 9.47 Å². The number of cyclic esters (lactones) is 1. The van der Waals surface area contributed by atoms with Gasteiger partial charge in [0.25, 0.3) is 0 Å². The Morgan fingerprint density at radius 3 is 2.60 bits per heavy atom. The molecular formula is C15H19NO4. The fraction of sp³-hybridized carbons (Fsp3) is 0.467. The molecule has 0 bridgehead atoms. The lowest BCUT2D eigenvalue weighted by molar-refractivity contribution is -0.129. The van der Waals surface area contributed by atoms with Gasteiger partial charge in [-0.15, -0.1) is 0 Å². The zero-order valence-corrected chi connectivity index (χ0v) is 12.0. The monoisotopic (exact) mass is 277 g/mol. The van der Waals surface area contributed by atoms with Gasteiger partial charge in [0.05, 0.1) is 19.6 Å². The fourth-order valence-electron chi connectivity index (χ4n) is 2.22. The number of methoxy groups -OCH3 is 1. The van der Waals surface area contributed by atoms with Gasteiger partial charge in [-0.3, -0.25) is 4.79 Å². The molecular weight excluding hydrogens is 258 g/mol. The summed E-state index contributed by atoms with van der Waals surface area (Å²) < 4.78 is 10.1. The van der Waals surface area contributed by atoms with E-state index < -0.39 is 6.09 Å². The van der Waals surface area contributed by atoms with Crippen LogP contribution in [0.3, 0.4) is 0 Å². The molecule has 1 atom stereocenters. The second-order valence-electron chi connectivity index (χ2n) is 5.18. The van der Waals surface area contributed by atoms with E-state index in [0.29, 0.717) is 0 Å². The molecule has 1 aliphatic heterocycles. The Balaban J connectivity index is 2.08. The van der Waals surface area contributed by atoms with Gasteiger partial charge in [-0.05, 0) is 23.6 Å². The van der Waals surface area contributed by atoms with E-state index in [9.17, 15) is 9.59 Å². The van der Waals surface area contributed by atoms with Crippen molar-refractivity contribution in [3.63, 3.8) is 0 Å². The Hall–Kier alpha value is -2.04. The van der Waals surface area contributed by atoms with Crippen molar-refractivity contribution in [1.82, 2.24) is 4.90 Å². The number of amides is 2. The summed E-state index contributed by atoms with van der Waals surface area (Å²) in [5.41, 5.74) is 0.845.